The molecule has 1 rings (SSSR count). The van der Waals surface area contributed by atoms with E-state index in [0.29, 0.717) is 13.0 Å². The maximum absolute atomic E-state index is 12.1. The van der Waals surface area contributed by atoms with Crippen molar-refractivity contribution >= 4 is 12.1 Å². The molecule has 1 heterocycles. The van der Waals surface area contributed by atoms with Crippen LogP contribution in [0, 0.1) is 5.92 Å². The van der Waals surface area contributed by atoms with Crippen LogP contribution in [0.2, 0.25) is 0 Å². The van der Waals surface area contributed by atoms with Crippen molar-refractivity contribution < 1.29 is 19.4 Å². The zero-order valence-electron chi connectivity index (χ0n) is 13.0. The van der Waals surface area contributed by atoms with E-state index in [-0.39, 0.29) is 5.92 Å². The second kappa shape index (κ2) is 6.95. The summed E-state index contributed by atoms with van der Waals surface area (Å²) in [4.78, 5) is 24.8. The molecule has 0 spiro atoms. The molecule has 1 aliphatic rings. The zero-order chi connectivity index (χ0) is 15.3. The topological polar surface area (TPSA) is 66.8 Å². The fourth-order valence-electron chi connectivity index (χ4n) is 2.57. The maximum Gasteiger partial charge on any atom is 0.411 e. The van der Waals surface area contributed by atoms with Crippen molar-refractivity contribution in [2.75, 3.05) is 6.54 Å². The minimum Gasteiger partial charge on any atom is -0.480 e. The summed E-state index contributed by atoms with van der Waals surface area (Å²) in [6.07, 6.45) is 4.40. The molecule has 0 saturated carbocycles. The SMILES string of the molecule is CCCCCC1C[C@@H](C(=O)O)N(C(=O)OC(C)(C)C)C1. The Labute approximate surface area is 121 Å². The van der Waals surface area contributed by atoms with Crippen molar-refractivity contribution in [2.24, 2.45) is 5.92 Å². The molecule has 0 aromatic heterocycles. The Hall–Kier alpha value is -1.26. The quantitative estimate of drug-likeness (QED) is 0.787. The van der Waals surface area contributed by atoms with E-state index in [1.54, 1.807) is 20.8 Å². The van der Waals surface area contributed by atoms with Crippen LogP contribution in [0.4, 0.5) is 4.79 Å². The highest BCUT2D eigenvalue weighted by molar-refractivity contribution is 5.80. The third kappa shape index (κ3) is 5.02. The number of carboxylic acid groups (broad SMARTS) is 1. The minimum atomic E-state index is -0.936. The monoisotopic (exact) mass is 285 g/mol. The highest BCUT2D eigenvalue weighted by Gasteiger charge is 2.41. The van der Waals surface area contributed by atoms with E-state index < -0.39 is 23.7 Å². The molecule has 1 amide bonds. The van der Waals surface area contributed by atoms with Crippen LogP contribution >= 0.6 is 0 Å². The first-order valence-corrected chi connectivity index (χ1v) is 7.47. The fraction of sp³-hybridized carbons (Fsp3) is 0.867. The number of aliphatic carboxylic acids is 1. The van der Waals surface area contributed by atoms with Crippen LogP contribution in [0.25, 0.3) is 0 Å². The normalized spacial score (nSPS) is 22.9. The number of unbranched alkanes of at least 4 members (excludes halogenated alkanes) is 2. The van der Waals surface area contributed by atoms with E-state index in [0.717, 1.165) is 25.7 Å². The van der Waals surface area contributed by atoms with Crippen LogP contribution in [0.1, 0.15) is 59.8 Å². The Morgan fingerprint density at radius 2 is 1.95 bits per heavy atom. The fourth-order valence-corrected chi connectivity index (χ4v) is 2.57. The lowest BCUT2D eigenvalue weighted by Gasteiger charge is -2.26. The van der Waals surface area contributed by atoms with E-state index >= 15 is 0 Å². The Morgan fingerprint density at radius 3 is 2.45 bits per heavy atom. The summed E-state index contributed by atoms with van der Waals surface area (Å²) in [6.45, 7) is 8.00. The van der Waals surface area contributed by atoms with Gasteiger partial charge in [-0.1, -0.05) is 26.2 Å². The summed E-state index contributed by atoms with van der Waals surface area (Å²) >= 11 is 0. The lowest BCUT2D eigenvalue weighted by molar-refractivity contribution is -0.142. The molecule has 0 aromatic rings. The summed E-state index contributed by atoms with van der Waals surface area (Å²) in [5, 5.41) is 9.27. The van der Waals surface area contributed by atoms with Crippen molar-refractivity contribution in [1.29, 1.82) is 0 Å². The molecule has 1 saturated heterocycles. The summed E-state index contributed by atoms with van der Waals surface area (Å²) in [7, 11) is 0. The number of nitrogens with zero attached hydrogens (tertiary/aromatic N) is 1. The predicted octanol–water partition coefficient (Wildman–Crippen LogP) is 3.28. The smallest absolute Gasteiger partial charge is 0.411 e. The Kier molecular flexibility index (Phi) is 5.84. The standard InChI is InChI=1S/C15H27NO4/c1-5-6-7-8-11-9-12(13(17)18)16(10-11)14(19)20-15(2,3)4/h11-12H,5-10H2,1-4H3,(H,17,18)/t11?,12-/m0/s1. The van der Waals surface area contributed by atoms with Crippen molar-refractivity contribution in [3.05, 3.63) is 0 Å². The number of carbonyl (C=O) groups is 2. The molecule has 5 heteroatoms. The van der Waals surface area contributed by atoms with Gasteiger partial charge >= 0.3 is 12.1 Å². The predicted molar refractivity (Wildman–Crippen MR) is 76.6 cm³/mol. The maximum atomic E-state index is 12.1. The highest BCUT2D eigenvalue weighted by Crippen LogP contribution is 2.29. The van der Waals surface area contributed by atoms with E-state index in [1.807, 2.05) is 0 Å². The molecule has 2 atom stereocenters. The molecule has 116 valence electrons. The first-order chi connectivity index (χ1) is 9.24. The molecule has 5 nitrogen and oxygen atoms in total. The van der Waals surface area contributed by atoms with Crippen LogP contribution in [-0.4, -0.2) is 40.3 Å². The lowest BCUT2D eigenvalue weighted by atomic mass is 9.98. The minimum absolute atomic E-state index is 0.273. The third-order valence-electron chi connectivity index (χ3n) is 3.52. The number of amides is 1. The molecule has 0 radical (unpaired) electrons. The molecular formula is C15H27NO4. The average molecular weight is 285 g/mol. The molecule has 1 N–H and O–H groups in total. The Bertz CT molecular complexity index is 348. The number of hydrogen-bond donors (Lipinski definition) is 1. The summed E-state index contributed by atoms with van der Waals surface area (Å²) in [6, 6.07) is -0.739. The van der Waals surface area contributed by atoms with Gasteiger partial charge in [-0.25, -0.2) is 9.59 Å². The largest absolute Gasteiger partial charge is 0.480 e. The van der Waals surface area contributed by atoms with Crippen molar-refractivity contribution in [3.63, 3.8) is 0 Å². The number of hydrogen-bond acceptors (Lipinski definition) is 3. The molecule has 0 bridgehead atoms. The van der Waals surface area contributed by atoms with Crippen LogP contribution in [0.5, 0.6) is 0 Å². The van der Waals surface area contributed by atoms with Gasteiger partial charge in [-0.05, 0) is 39.5 Å². The van der Waals surface area contributed by atoms with Gasteiger partial charge in [0.25, 0.3) is 0 Å². The Balaban J connectivity index is 2.63. The van der Waals surface area contributed by atoms with Gasteiger partial charge in [0.1, 0.15) is 11.6 Å². The molecule has 0 aromatic carbocycles. The van der Waals surface area contributed by atoms with Crippen LogP contribution in [0.15, 0.2) is 0 Å². The van der Waals surface area contributed by atoms with Crippen molar-refractivity contribution in [3.8, 4) is 0 Å². The van der Waals surface area contributed by atoms with Gasteiger partial charge in [0.15, 0.2) is 0 Å². The number of likely N-dealkylation sites (tertiary alicyclic amines) is 1. The number of rotatable bonds is 5. The van der Waals surface area contributed by atoms with E-state index in [4.69, 9.17) is 4.74 Å². The van der Waals surface area contributed by atoms with Crippen LogP contribution < -0.4 is 0 Å². The highest BCUT2D eigenvalue weighted by atomic mass is 16.6. The van der Waals surface area contributed by atoms with Gasteiger partial charge in [0, 0.05) is 6.54 Å². The van der Waals surface area contributed by atoms with E-state index in [2.05, 4.69) is 6.92 Å². The third-order valence-corrected chi connectivity index (χ3v) is 3.52. The summed E-state index contributed by atoms with van der Waals surface area (Å²) in [5.74, 6) is -0.663. The number of carboxylic acids is 1. The number of ether oxygens (including phenoxy) is 1. The van der Waals surface area contributed by atoms with Gasteiger partial charge in [0.2, 0.25) is 0 Å². The first-order valence-electron chi connectivity index (χ1n) is 7.47. The van der Waals surface area contributed by atoms with Crippen LogP contribution in [-0.2, 0) is 9.53 Å². The second-order valence-electron chi connectivity index (χ2n) is 6.58. The van der Waals surface area contributed by atoms with Gasteiger partial charge in [-0.15, -0.1) is 0 Å². The summed E-state index contributed by atoms with van der Waals surface area (Å²) < 4.78 is 5.30. The molecule has 1 unspecified atom stereocenters. The van der Waals surface area contributed by atoms with Crippen LogP contribution in [0.3, 0.4) is 0 Å². The van der Waals surface area contributed by atoms with E-state index in [9.17, 15) is 14.7 Å². The second-order valence-corrected chi connectivity index (χ2v) is 6.58. The lowest BCUT2D eigenvalue weighted by Crippen LogP contribution is -2.43. The Morgan fingerprint density at radius 1 is 1.30 bits per heavy atom. The molecule has 0 aliphatic carbocycles. The van der Waals surface area contributed by atoms with Gasteiger partial charge < -0.3 is 9.84 Å². The molecule has 20 heavy (non-hydrogen) atoms. The zero-order valence-corrected chi connectivity index (χ0v) is 13.0. The first kappa shape index (κ1) is 16.8. The average Bonchev–Trinajstić information content (AvgIpc) is 2.71. The van der Waals surface area contributed by atoms with Crippen molar-refractivity contribution in [1.82, 2.24) is 4.90 Å². The van der Waals surface area contributed by atoms with Gasteiger partial charge in [-0.3, -0.25) is 4.90 Å². The van der Waals surface area contributed by atoms with Crippen molar-refractivity contribution in [2.45, 2.75) is 71.4 Å². The van der Waals surface area contributed by atoms with Gasteiger partial charge in [-0.2, -0.15) is 0 Å². The van der Waals surface area contributed by atoms with Gasteiger partial charge in [0.05, 0.1) is 0 Å². The number of carbonyl (C=O) groups excluding carboxylic acids is 1. The summed E-state index contributed by atoms with van der Waals surface area (Å²) in [5.41, 5.74) is -0.597. The molecular weight excluding hydrogens is 258 g/mol. The molecule has 1 aliphatic heterocycles. The van der Waals surface area contributed by atoms with E-state index in [1.165, 1.54) is 4.90 Å². The molecule has 1 fully saturated rings.